The van der Waals surface area contributed by atoms with Gasteiger partial charge in [0, 0.05) is 80.7 Å². The van der Waals surface area contributed by atoms with E-state index in [1.54, 1.807) is 5.38 Å². The molecule has 4 aromatic rings. The van der Waals surface area contributed by atoms with E-state index >= 15 is 0 Å². The van der Waals surface area contributed by atoms with Gasteiger partial charge in [-0.15, -0.1) is 11.3 Å². The lowest BCUT2D eigenvalue weighted by atomic mass is 9.85. The van der Waals surface area contributed by atoms with Crippen molar-refractivity contribution in [3.63, 3.8) is 0 Å². The molecule has 0 unspecified atom stereocenters. The Morgan fingerprint density at radius 1 is 1.00 bits per heavy atom. The van der Waals surface area contributed by atoms with E-state index in [4.69, 9.17) is 4.74 Å². The largest absolute Gasteiger partial charge is 0.438 e. The molecule has 12 heteroatoms. The quantitative estimate of drug-likeness (QED) is 0.102. The Morgan fingerprint density at radius 3 is 2.54 bits per heavy atom. The third kappa shape index (κ3) is 10.9. The number of hydrogen-bond acceptors (Lipinski definition) is 10. The minimum absolute atomic E-state index is 0.0920. The van der Waals surface area contributed by atoms with Crippen LogP contribution in [-0.4, -0.2) is 87.3 Å². The summed E-state index contributed by atoms with van der Waals surface area (Å²) in [4.78, 5) is 39.6. The van der Waals surface area contributed by atoms with Crippen molar-refractivity contribution in [1.29, 1.82) is 0 Å². The topological polar surface area (TPSA) is 99.7 Å². The van der Waals surface area contributed by atoms with Gasteiger partial charge >= 0.3 is 0 Å². The maximum atomic E-state index is 14.5. The minimum Gasteiger partial charge on any atom is -0.438 e. The Labute approximate surface area is 338 Å². The van der Waals surface area contributed by atoms with Crippen LogP contribution in [0.1, 0.15) is 82.9 Å². The fourth-order valence-corrected chi connectivity index (χ4v) is 9.76. The van der Waals surface area contributed by atoms with Crippen LogP contribution in [0.5, 0.6) is 11.6 Å². The predicted octanol–water partition coefficient (Wildman–Crippen LogP) is 8.29. The lowest BCUT2D eigenvalue weighted by Crippen LogP contribution is -2.53. The Hall–Kier alpha value is -3.94. The Kier molecular flexibility index (Phi) is 13.7. The molecule has 0 spiro atoms. The SMILES string of the molecule is Cc1nc(C(=O)NC2CCC(/C=C/CC(=O)c3cc(F)cnc3Oc3cccc(-c4ccc(CN5C[C@@H](C)N[C@@H](C)C5)cc4CN4CCSCC4)c3)CC2)cs1. The number of benzene rings is 2. The van der Waals surface area contributed by atoms with Crippen molar-refractivity contribution < 1.29 is 18.7 Å². The summed E-state index contributed by atoms with van der Waals surface area (Å²) >= 11 is 3.49. The number of carbonyl (C=O) groups is 2. The van der Waals surface area contributed by atoms with E-state index in [-0.39, 0.29) is 35.6 Å². The van der Waals surface area contributed by atoms with Crippen LogP contribution < -0.4 is 15.4 Å². The molecule has 0 radical (unpaired) electrons. The molecule has 2 saturated heterocycles. The number of nitrogens with one attached hydrogen (secondary N) is 2. The standard InChI is InChI=1S/C44H53FN6O3S2/c1-29-24-51(25-30(2)47-29)26-33-12-15-39(35(20-33)27-50-16-18-55-19-17-50)34-7-5-8-38(21-34)54-44-40(22-36(45)23-46-44)42(52)9-4-6-32-10-13-37(14-11-32)49-43(53)41-28-56-31(3)48-41/h4-8,12,15,20-23,28-30,32,37,47H,9-11,13-14,16-19,24-27H2,1-3H3,(H,49,53)/b6-4+/t29-,30+,32?,37?. The summed E-state index contributed by atoms with van der Waals surface area (Å²) in [6, 6.07) is 17.0. The Balaban J connectivity index is 1.01. The van der Waals surface area contributed by atoms with E-state index in [0.717, 1.165) is 98.8 Å². The van der Waals surface area contributed by atoms with Crippen LogP contribution in [0.25, 0.3) is 11.1 Å². The van der Waals surface area contributed by atoms with Gasteiger partial charge in [-0.2, -0.15) is 11.8 Å². The highest BCUT2D eigenvalue weighted by Crippen LogP contribution is 2.33. The molecule has 296 valence electrons. The van der Waals surface area contributed by atoms with E-state index in [0.29, 0.717) is 29.4 Å². The molecule has 2 aliphatic heterocycles. The van der Waals surface area contributed by atoms with Gasteiger partial charge in [0.1, 0.15) is 17.3 Å². The smallest absolute Gasteiger partial charge is 0.270 e. The van der Waals surface area contributed by atoms with Gasteiger partial charge in [-0.1, -0.05) is 42.5 Å². The van der Waals surface area contributed by atoms with Crippen LogP contribution in [0, 0.1) is 18.7 Å². The molecule has 2 N–H and O–H groups in total. The van der Waals surface area contributed by atoms with Crippen molar-refractivity contribution >= 4 is 34.8 Å². The first-order chi connectivity index (χ1) is 27.1. The van der Waals surface area contributed by atoms with Gasteiger partial charge in [-0.3, -0.25) is 19.4 Å². The molecular formula is C44H53FN6O3S2. The number of carbonyl (C=O) groups excluding carboxylic acids is 2. The van der Waals surface area contributed by atoms with Crippen LogP contribution in [0.3, 0.4) is 0 Å². The number of nitrogens with zero attached hydrogens (tertiary/aromatic N) is 4. The first-order valence-corrected chi connectivity index (χ1v) is 22.0. The van der Waals surface area contributed by atoms with Crippen molar-refractivity contribution in [2.75, 3.05) is 37.7 Å². The number of pyridine rings is 1. The maximum absolute atomic E-state index is 14.5. The zero-order valence-electron chi connectivity index (χ0n) is 32.6. The second kappa shape index (κ2) is 19.0. The Bertz CT molecular complexity index is 2000. The van der Waals surface area contributed by atoms with Crippen LogP contribution in [0.15, 0.2) is 72.3 Å². The predicted molar refractivity (Wildman–Crippen MR) is 224 cm³/mol. The van der Waals surface area contributed by atoms with Crippen molar-refractivity contribution in [3.05, 3.63) is 105 Å². The normalized spacial score (nSPS) is 22.3. The van der Waals surface area contributed by atoms with Gasteiger partial charge < -0.3 is 15.4 Å². The van der Waals surface area contributed by atoms with Crippen LogP contribution >= 0.6 is 23.1 Å². The molecule has 4 heterocycles. The van der Waals surface area contributed by atoms with Gasteiger partial charge in [0.2, 0.25) is 5.88 Å². The van der Waals surface area contributed by atoms with Crippen LogP contribution in [-0.2, 0) is 13.1 Å². The van der Waals surface area contributed by atoms with Crippen molar-refractivity contribution in [3.8, 4) is 22.8 Å². The number of halogens is 1. The van der Waals surface area contributed by atoms with Gasteiger partial charge in [-0.25, -0.2) is 14.4 Å². The third-order valence-electron chi connectivity index (χ3n) is 10.9. The molecule has 56 heavy (non-hydrogen) atoms. The van der Waals surface area contributed by atoms with Gasteiger partial charge in [0.15, 0.2) is 5.78 Å². The molecule has 1 saturated carbocycles. The number of allylic oxidation sites excluding steroid dienone is 2. The number of thiazole rings is 1. The number of piperazine rings is 1. The average molecular weight is 797 g/mol. The van der Waals surface area contributed by atoms with Gasteiger partial charge in [0.05, 0.1) is 16.8 Å². The molecule has 7 rings (SSSR count). The van der Waals surface area contributed by atoms with E-state index < -0.39 is 5.82 Å². The van der Waals surface area contributed by atoms with Crippen LogP contribution in [0.2, 0.25) is 0 Å². The molecule has 1 aliphatic carbocycles. The number of rotatable bonds is 13. The lowest BCUT2D eigenvalue weighted by Gasteiger charge is -2.36. The molecule has 3 fully saturated rings. The highest BCUT2D eigenvalue weighted by atomic mass is 32.2. The van der Waals surface area contributed by atoms with Crippen molar-refractivity contribution in [1.82, 2.24) is 30.4 Å². The molecule has 2 aromatic carbocycles. The molecular weight excluding hydrogens is 744 g/mol. The zero-order valence-corrected chi connectivity index (χ0v) is 34.3. The number of hydrogen-bond donors (Lipinski definition) is 2. The summed E-state index contributed by atoms with van der Waals surface area (Å²) in [5.41, 5.74) is 5.37. The summed E-state index contributed by atoms with van der Waals surface area (Å²) in [6.45, 7) is 12.4. The van der Waals surface area contributed by atoms with Crippen molar-refractivity contribution in [2.24, 2.45) is 5.92 Å². The number of ether oxygens (including phenoxy) is 1. The zero-order chi connectivity index (χ0) is 39.0. The summed E-state index contributed by atoms with van der Waals surface area (Å²) in [5.74, 6) is 2.26. The van der Waals surface area contributed by atoms with E-state index in [1.165, 1.54) is 28.5 Å². The van der Waals surface area contributed by atoms with E-state index in [2.05, 4.69) is 74.6 Å². The molecule has 9 nitrogen and oxygen atoms in total. The molecule has 2 atom stereocenters. The minimum atomic E-state index is -0.586. The highest BCUT2D eigenvalue weighted by Gasteiger charge is 2.24. The number of ketones is 1. The highest BCUT2D eigenvalue weighted by molar-refractivity contribution is 7.99. The number of aryl methyl sites for hydroxylation is 1. The van der Waals surface area contributed by atoms with Crippen LogP contribution in [0.4, 0.5) is 4.39 Å². The summed E-state index contributed by atoms with van der Waals surface area (Å²) in [6.07, 6.45) is 8.69. The van der Waals surface area contributed by atoms with E-state index in [9.17, 15) is 14.0 Å². The second-order valence-corrected chi connectivity index (χ2v) is 17.9. The fourth-order valence-electron chi connectivity index (χ4n) is 8.19. The number of amides is 1. The maximum Gasteiger partial charge on any atom is 0.270 e. The molecule has 3 aliphatic rings. The number of aromatic nitrogens is 2. The number of thioether (sulfide) groups is 1. The summed E-state index contributed by atoms with van der Waals surface area (Å²) < 4.78 is 20.8. The average Bonchev–Trinajstić information content (AvgIpc) is 3.63. The lowest BCUT2D eigenvalue weighted by molar-refractivity contribution is 0.0918. The molecule has 0 bridgehead atoms. The monoisotopic (exact) mass is 796 g/mol. The third-order valence-corrected chi connectivity index (χ3v) is 12.6. The van der Waals surface area contributed by atoms with Crippen molar-refractivity contribution in [2.45, 2.75) is 84.1 Å². The Morgan fingerprint density at radius 2 is 1.79 bits per heavy atom. The van der Waals surface area contributed by atoms with Gasteiger partial charge in [-0.05, 0) is 92.8 Å². The molecule has 2 aromatic heterocycles. The summed E-state index contributed by atoms with van der Waals surface area (Å²) in [5, 5.41) is 9.42. The summed E-state index contributed by atoms with van der Waals surface area (Å²) in [7, 11) is 0. The fraction of sp³-hybridized carbons (Fsp3) is 0.455. The number of Topliss-reactive ketones (excluding diaryl/α,β-unsaturated/α-hetero) is 1. The molecule has 1 amide bonds. The van der Waals surface area contributed by atoms with Gasteiger partial charge in [0.25, 0.3) is 5.91 Å². The second-order valence-electron chi connectivity index (χ2n) is 15.6. The first-order valence-electron chi connectivity index (χ1n) is 19.9. The van der Waals surface area contributed by atoms with E-state index in [1.807, 2.05) is 43.0 Å². The first kappa shape index (κ1) is 40.3.